The van der Waals surface area contributed by atoms with E-state index >= 15 is 0 Å². The summed E-state index contributed by atoms with van der Waals surface area (Å²) in [4.78, 5) is 0. The lowest BCUT2D eigenvalue weighted by Gasteiger charge is -2.37. The fraction of sp³-hybridized carbons (Fsp3) is 0.750. The summed E-state index contributed by atoms with van der Waals surface area (Å²) >= 11 is 0. The van der Waals surface area contributed by atoms with Crippen LogP contribution in [0.25, 0.3) is 0 Å². The fourth-order valence-electron chi connectivity index (χ4n) is 2.30. The maximum absolute atomic E-state index is 12.1. The van der Waals surface area contributed by atoms with Gasteiger partial charge in [-0.1, -0.05) is 13.3 Å². The van der Waals surface area contributed by atoms with E-state index in [-0.39, 0.29) is 0 Å². The normalized spacial score (nSPS) is 20.4. The van der Waals surface area contributed by atoms with Crippen molar-refractivity contribution in [1.82, 2.24) is 9.78 Å². The number of aryl methyl sites for hydroxylation is 1. The Hall–Kier alpha value is -0.640. The van der Waals surface area contributed by atoms with Gasteiger partial charge in [-0.05, 0) is 31.2 Å². The number of hydrogen-bond donors (Lipinski definition) is 0. The van der Waals surface area contributed by atoms with Crippen LogP contribution in [-0.2, 0) is 23.1 Å². The highest BCUT2D eigenvalue weighted by atomic mass is 32.2. The first-order valence-corrected chi connectivity index (χ1v) is 7.47. The van der Waals surface area contributed by atoms with Crippen LogP contribution in [0.5, 0.6) is 0 Å². The van der Waals surface area contributed by atoms with E-state index in [0.29, 0.717) is 11.2 Å². The molecule has 0 bridgehead atoms. The molecule has 0 N–H and O–H groups in total. The highest BCUT2D eigenvalue weighted by Crippen LogP contribution is 2.41. The Labute approximate surface area is 99.7 Å². The summed E-state index contributed by atoms with van der Waals surface area (Å²) in [5.41, 5.74) is 1.45. The largest absolute Gasteiger partial charge is 0.269 e. The molecule has 0 aromatic carbocycles. The molecule has 2 rings (SSSR count). The van der Waals surface area contributed by atoms with Gasteiger partial charge in [0.25, 0.3) is 0 Å². The molecule has 1 aliphatic rings. The maximum Gasteiger partial charge on any atom is 0.0655 e. The molecule has 1 heterocycles. The van der Waals surface area contributed by atoms with Crippen molar-refractivity contribution in [3.63, 3.8) is 0 Å². The van der Waals surface area contributed by atoms with Crippen molar-refractivity contribution in [2.24, 2.45) is 5.41 Å². The van der Waals surface area contributed by atoms with Crippen LogP contribution in [0, 0.1) is 5.41 Å². The third-order valence-electron chi connectivity index (χ3n) is 3.48. The molecule has 1 saturated carbocycles. The molecule has 0 spiro atoms. The van der Waals surface area contributed by atoms with Crippen molar-refractivity contribution in [2.75, 3.05) is 5.75 Å². The Balaban J connectivity index is 1.92. The lowest BCUT2D eigenvalue weighted by atomic mass is 9.72. The predicted octanol–water partition coefficient (Wildman–Crippen LogP) is 2.34. The lowest BCUT2D eigenvalue weighted by molar-refractivity contribution is 0.196. The minimum Gasteiger partial charge on any atom is -0.269 e. The predicted molar refractivity (Wildman–Crippen MR) is 66.6 cm³/mol. The van der Waals surface area contributed by atoms with Gasteiger partial charge < -0.3 is 0 Å². The maximum atomic E-state index is 12.1. The first-order chi connectivity index (χ1) is 7.63. The fourth-order valence-corrected chi connectivity index (χ4v) is 4.04. The Kier molecular flexibility index (Phi) is 3.47. The molecule has 0 radical (unpaired) electrons. The van der Waals surface area contributed by atoms with Crippen LogP contribution in [0.15, 0.2) is 12.3 Å². The molecule has 1 aromatic heterocycles. The smallest absolute Gasteiger partial charge is 0.0655 e. The van der Waals surface area contributed by atoms with Gasteiger partial charge >= 0.3 is 0 Å². The summed E-state index contributed by atoms with van der Waals surface area (Å²) < 4.78 is 14.0. The molecule has 0 amide bonds. The Bertz CT molecular complexity index is 382. The molecule has 1 aromatic rings. The molecule has 3 nitrogen and oxygen atoms in total. The summed E-state index contributed by atoms with van der Waals surface area (Å²) in [6.45, 7) is 5.18. The molecular weight excluding hydrogens is 220 g/mol. The van der Waals surface area contributed by atoms with Crippen molar-refractivity contribution in [2.45, 2.75) is 45.4 Å². The van der Waals surface area contributed by atoms with E-state index in [4.69, 9.17) is 0 Å². The molecule has 1 unspecified atom stereocenters. The number of hydrogen-bond acceptors (Lipinski definition) is 2. The van der Waals surface area contributed by atoms with Crippen molar-refractivity contribution >= 4 is 10.8 Å². The van der Waals surface area contributed by atoms with Crippen LogP contribution >= 0.6 is 0 Å². The van der Waals surface area contributed by atoms with E-state index in [2.05, 4.69) is 18.9 Å². The molecule has 0 aliphatic heterocycles. The van der Waals surface area contributed by atoms with Gasteiger partial charge in [-0.25, -0.2) is 0 Å². The van der Waals surface area contributed by atoms with Crippen molar-refractivity contribution < 1.29 is 4.21 Å². The topological polar surface area (TPSA) is 34.9 Å². The minimum absolute atomic E-state index is 0.349. The van der Waals surface area contributed by atoms with Gasteiger partial charge in [0.2, 0.25) is 0 Å². The van der Waals surface area contributed by atoms with E-state index < -0.39 is 10.8 Å². The zero-order chi connectivity index (χ0) is 11.6. The van der Waals surface area contributed by atoms with Crippen LogP contribution in [0.2, 0.25) is 0 Å². The van der Waals surface area contributed by atoms with Gasteiger partial charge in [0.05, 0.1) is 11.4 Å². The van der Waals surface area contributed by atoms with Gasteiger partial charge in [0.15, 0.2) is 0 Å². The summed E-state index contributed by atoms with van der Waals surface area (Å²) in [7, 11) is -0.740. The van der Waals surface area contributed by atoms with Crippen LogP contribution in [0.3, 0.4) is 0 Å². The third-order valence-corrected chi connectivity index (χ3v) is 5.12. The number of rotatable bonds is 5. The summed E-state index contributed by atoms with van der Waals surface area (Å²) in [5, 5.41) is 4.20. The van der Waals surface area contributed by atoms with E-state index in [1.54, 1.807) is 6.20 Å². The van der Waals surface area contributed by atoms with Crippen LogP contribution in [0.1, 0.15) is 38.8 Å². The molecule has 1 atom stereocenters. The quantitative estimate of drug-likeness (QED) is 0.792. The van der Waals surface area contributed by atoms with Gasteiger partial charge in [-0.15, -0.1) is 0 Å². The SMILES string of the molecule is CCn1nccc1CS(=O)CC1(C)CCC1. The Morgan fingerprint density at radius 1 is 1.56 bits per heavy atom. The summed E-state index contributed by atoms with van der Waals surface area (Å²) in [6.07, 6.45) is 5.58. The summed E-state index contributed by atoms with van der Waals surface area (Å²) in [5.74, 6) is 1.51. The van der Waals surface area contributed by atoms with E-state index in [1.165, 1.54) is 19.3 Å². The van der Waals surface area contributed by atoms with Gasteiger partial charge in [-0.3, -0.25) is 8.89 Å². The lowest BCUT2D eigenvalue weighted by Crippen LogP contribution is -2.32. The molecule has 4 heteroatoms. The highest BCUT2D eigenvalue weighted by molar-refractivity contribution is 7.84. The summed E-state index contributed by atoms with van der Waals surface area (Å²) in [6, 6.07) is 1.98. The van der Waals surface area contributed by atoms with Crippen LogP contribution in [0.4, 0.5) is 0 Å². The molecule has 1 fully saturated rings. The molecule has 1 aliphatic carbocycles. The Morgan fingerprint density at radius 3 is 2.88 bits per heavy atom. The molecular formula is C12H20N2OS. The van der Waals surface area contributed by atoms with E-state index in [1.807, 2.05) is 10.7 Å². The van der Waals surface area contributed by atoms with Gasteiger partial charge in [0.1, 0.15) is 0 Å². The number of nitrogens with zero attached hydrogens (tertiary/aromatic N) is 2. The second-order valence-corrected chi connectivity index (χ2v) is 6.49. The molecule has 90 valence electrons. The second-order valence-electron chi connectivity index (χ2n) is 5.03. The monoisotopic (exact) mass is 240 g/mol. The average molecular weight is 240 g/mol. The highest BCUT2D eigenvalue weighted by Gasteiger charge is 2.33. The van der Waals surface area contributed by atoms with Crippen LogP contribution < -0.4 is 0 Å². The average Bonchev–Trinajstić information content (AvgIpc) is 2.62. The Morgan fingerprint density at radius 2 is 2.31 bits per heavy atom. The van der Waals surface area contributed by atoms with Crippen molar-refractivity contribution in [1.29, 1.82) is 0 Å². The van der Waals surface area contributed by atoms with Crippen molar-refractivity contribution in [3.8, 4) is 0 Å². The van der Waals surface area contributed by atoms with Gasteiger partial charge in [-0.2, -0.15) is 5.10 Å². The molecule has 16 heavy (non-hydrogen) atoms. The zero-order valence-electron chi connectivity index (χ0n) is 10.1. The zero-order valence-corrected chi connectivity index (χ0v) is 10.9. The van der Waals surface area contributed by atoms with Crippen LogP contribution in [-0.4, -0.2) is 19.7 Å². The van der Waals surface area contributed by atoms with Crippen molar-refractivity contribution in [3.05, 3.63) is 18.0 Å². The van der Waals surface area contributed by atoms with E-state index in [9.17, 15) is 4.21 Å². The first kappa shape index (κ1) is 11.8. The number of aromatic nitrogens is 2. The standard InChI is InChI=1S/C12H20N2OS/c1-3-14-11(5-8-13-14)9-16(15)10-12(2)6-4-7-12/h5,8H,3-4,6-7,9-10H2,1-2H3. The first-order valence-electron chi connectivity index (χ1n) is 5.99. The molecule has 0 saturated heterocycles. The second kappa shape index (κ2) is 4.70. The minimum atomic E-state index is -0.740. The van der Waals surface area contributed by atoms with Gasteiger partial charge in [0, 0.05) is 29.3 Å². The van der Waals surface area contributed by atoms with E-state index in [0.717, 1.165) is 18.0 Å². The third kappa shape index (κ3) is 2.54.